The molecule has 0 amide bonds. The van der Waals surface area contributed by atoms with Crippen molar-refractivity contribution in [2.45, 2.75) is 39.3 Å². The number of halogens is 1. The average Bonchev–Trinajstić information content (AvgIpc) is 2.99. The van der Waals surface area contributed by atoms with E-state index < -0.39 is 0 Å². The van der Waals surface area contributed by atoms with Gasteiger partial charge < -0.3 is 9.15 Å². The minimum atomic E-state index is -0.0952. The van der Waals surface area contributed by atoms with E-state index in [0.717, 1.165) is 10.2 Å². The molecule has 146 valence electrons. The molecular weight excluding hydrogens is 440 g/mol. The molecule has 0 fully saturated rings. The number of aromatic nitrogens is 2. The minimum absolute atomic E-state index is 0.0181. The maximum Gasteiger partial charge on any atom is 0.287 e. The number of nitrogens with zero attached hydrogens (tertiary/aromatic N) is 2. The summed E-state index contributed by atoms with van der Waals surface area (Å²) in [4.78, 5) is 12.5. The van der Waals surface area contributed by atoms with Crippen molar-refractivity contribution in [3.05, 3.63) is 74.9 Å². The highest BCUT2D eigenvalue weighted by Crippen LogP contribution is 2.24. The van der Waals surface area contributed by atoms with Crippen LogP contribution in [0, 0.1) is 4.84 Å². The first-order chi connectivity index (χ1) is 13.2. The maximum atomic E-state index is 12.4. The zero-order valence-electron chi connectivity index (χ0n) is 15.9. The Morgan fingerprint density at radius 3 is 2.39 bits per heavy atom. The Morgan fingerprint density at radius 1 is 1.14 bits per heavy atom. The second-order valence-electron chi connectivity index (χ2n) is 7.41. The van der Waals surface area contributed by atoms with Crippen molar-refractivity contribution in [3.63, 3.8) is 0 Å². The van der Waals surface area contributed by atoms with Gasteiger partial charge in [0.1, 0.15) is 12.3 Å². The molecule has 0 unspecified atom stereocenters. The molecular formula is C21H21BrN2O3S. The molecule has 0 saturated carbocycles. The van der Waals surface area contributed by atoms with E-state index in [1.807, 2.05) is 36.4 Å². The number of hydrogen-bond acceptors (Lipinski definition) is 5. The Hall–Kier alpha value is -2.25. The molecule has 0 saturated heterocycles. The Balaban J connectivity index is 1.63. The van der Waals surface area contributed by atoms with E-state index >= 15 is 0 Å². The third-order valence-electron chi connectivity index (χ3n) is 4.19. The monoisotopic (exact) mass is 460 g/mol. The summed E-state index contributed by atoms with van der Waals surface area (Å²) < 4.78 is 13.5. The maximum absolute atomic E-state index is 12.4. The van der Waals surface area contributed by atoms with Crippen molar-refractivity contribution in [2.75, 3.05) is 0 Å². The molecule has 0 aliphatic heterocycles. The number of ether oxygens (including phenoxy) is 1. The number of rotatable bonds is 6. The molecule has 5 nitrogen and oxygen atoms in total. The van der Waals surface area contributed by atoms with Gasteiger partial charge in [-0.25, -0.2) is 4.68 Å². The molecule has 7 heteroatoms. The third-order valence-corrected chi connectivity index (χ3v) is 5.01. The molecule has 0 aliphatic carbocycles. The summed E-state index contributed by atoms with van der Waals surface area (Å²) in [6, 6.07) is 15.1. The molecule has 1 aromatic heterocycles. The first-order valence-corrected chi connectivity index (χ1v) is 10.0. The van der Waals surface area contributed by atoms with Crippen molar-refractivity contribution in [2.24, 2.45) is 0 Å². The summed E-state index contributed by atoms with van der Waals surface area (Å²) in [6.45, 7) is 6.64. The summed E-state index contributed by atoms with van der Waals surface area (Å²) in [6.07, 6.45) is 0. The lowest BCUT2D eigenvalue weighted by molar-refractivity contribution is 0.0966. The van der Waals surface area contributed by atoms with Gasteiger partial charge in [0.05, 0.1) is 0 Å². The summed E-state index contributed by atoms with van der Waals surface area (Å²) >= 11 is 8.52. The number of carbonyl (C=O) groups excluding carboxylic acids is 1. The van der Waals surface area contributed by atoms with Gasteiger partial charge in [-0.1, -0.05) is 61.0 Å². The lowest BCUT2D eigenvalue weighted by atomic mass is 9.87. The van der Waals surface area contributed by atoms with E-state index in [-0.39, 0.29) is 29.2 Å². The number of hydrogen-bond donors (Lipinski definition) is 0. The lowest BCUT2D eigenvalue weighted by Gasteiger charge is -2.19. The first kappa shape index (κ1) is 20.5. The van der Waals surface area contributed by atoms with Crippen molar-refractivity contribution in [1.29, 1.82) is 0 Å². The van der Waals surface area contributed by atoms with Crippen LogP contribution >= 0.6 is 28.1 Å². The fraction of sp³-hybridized carbons (Fsp3) is 0.286. The predicted octanol–water partition coefficient (Wildman–Crippen LogP) is 5.73. The van der Waals surface area contributed by atoms with E-state index in [9.17, 15) is 4.79 Å². The molecule has 1 heterocycles. The molecule has 0 radical (unpaired) electrons. The fourth-order valence-corrected chi connectivity index (χ4v) is 3.03. The van der Waals surface area contributed by atoms with Crippen LogP contribution < -0.4 is 4.74 Å². The van der Waals surface area contributed by atoms with Gasteiger partial charge in [-0.3, -0.25) is 4.79 Å². The van der Waals surface area contributed by atoms with Gasteiger partial charge in [-0.15, -0.1) is 5.10 Å². The smallest absolute Gasteiger partial charge is 0.287 e. The second-order valence-corrected chi connectivity index (χ2v) is 8.68. The second kappa shape index (κ2) is 8.41. The Bertz CT molecular complexity index is 1020. The zero-order chi connectivity index (χ0) is 20.3. The Labute approximate surface area is 177 Å². The molecule has 0 spiro atoms. The minimum Gasteiger partial charge on any atom is -0.484 e. The standard InChI is InChI=1S/C21H21BrN2O3S/c1-21(2,3)15-6-10-17(11-7-15)26-13-19-23-24(20(28)27-19)12-18(25)14-4-8-16(22)9-5-14/h4-11H,12-13H2,1-3H3. The van der Waals surface area contributed by atoms with E-state index in [1.165, 1.54) is 10.2 Å². The topological polar surface area (TPSA) is 57.3 Å². The van der Waals surface area contributed by atoms with Gasteiger partial charge in [0.25, 0.3) is 10.7 Å². The van der Waals surface area contributed by atoms with Gasteiger partial charge in [-0.05, 0) is 47.5 Å². The van der Waals surface area contributed by atoms with Crippen LogP contribution in [0.25, 0.3) is 0 Å². The summed E-state index contributed by atoms with van der Waals surface area (Å²) in [5.41, 5.74) is 1.91. The molecule has 3 rings (SSSR count). The SMILES string of the molecule is CC(C)(C)c1ccc(OCc2nn(CC(=O)c3ccc(Br)cc3)c(=S)o2)cc1. The molecule has 2 aromatic carbocycles. The molecule has 28 heavy (non-hydrogen) atoms. The van der Waals surface area contributed by atoms with Crippen LogP contribution in [0.3, 0.4) is 0 Å². The molecule has 0 N–H and O–H groups in total. The van der Waals surface area contributed by atoms with Gasteiger partial charge >= 0.3 is 0 Å². The van der Waals surface area contributed by atoms with E-state index in [1.54, 1.807) is 12.1 Å². The van der Waals surface area contributed by atoms with Crippen LogP contribution in [0.2, 0.25) is 0 Å². The average molecular weight is 461 g/mol. The normalized spacial score (nSPS) is 11.4. The van der Waals surface area contributed by atoms with Crippen LogP contribution in [0.15, 0.2) is 57.4 Å². The van der Waals surface area contributed by atoms with Gasteiger partial charge in [-0.2, -0.15) is 0 Å². The zero-order valence-corrected chi connectivity index (χ0v) is 18.3. The lowest BCUT2D eigenvalue weighted by Crippen LogP contribution is -2.12. The molecule has 0 bridgehead atoms. The highest BCUT2D eigenvalue weighted by molar-refractivity contribution is 9.10. The molecule has 0 atom stereocenters. The van der Waals surface area contributed by atoms with E-state index in [4.69, 9.17) is 21.4 Å². The third kappa shape index (κ3) is 5.17. The van der Waals surface area contributed by atoms with Gasteiger partial charge in [0, 0.05) is 10.0 Å². The largest absolute Gasteiger partial charge is 0.484 e. The number of ketones is 1. The summed E-state index contributed by atoms with van der Waals surface area (Å²) in [5, 5.41) is 4.26. The fourth-order valence-electron chi connectivity index (χ4n) is 2.57. The van der Waals surface area contributed by atoms with Crippen LogP contribution in [0.1, 0.15) is 42.6 Å². The van der Waals surface area contributed by atoms with E-state index in [2.05, 4.69) is 41.8 Å². The highest BCUT2D eigenvalue weighted by Gasteiger charge is 2.14. The van der Waals surface area contributed by atoms with Crippen molar-refractivity contribution < 1.29 is 13.9 Å². The number of benzene rings is 2. The van der Waals surface area contributed by atoms with Crippen molar-refractivity contribution >= 4 is 33.9 Å². The Morgan fingerprint density at radius 2 is 1.79 bits per heavy atom. The van der Waals surface area contributed by atoms with Crippen molar-refractivity contribution in [1.82, 2.24) is 9.78 Å². The quantitative estimate of drug-likeness (QED) is 0.347. The Kier molecular flexibility index (Phi) is 6.15. The van der Waals surface area contributed by atoms with Crippen LogP contribution in [0.4, 0.5) is 0 Å². The highest BCUT2D eigenvalue weighted by atomic mass is 79.9. The van der Waals surface area contributed by atoms with Gasteiger partial charge in [0.15, 0.2) is 12.4 Å². The van der Waals surface area contributed by atoms with Crippen molar-refractivity contribution in [3.8, 4) is 5.75 Å². The molecule has 3 aromatic rings. The van der Waals surface area contributed by atoms with E-state index in [0.29, 0.717) is 11.5 Å². The number of carbonyl (C=O) groups is 1. The first-order valence-electron chi connectivity index (χ1n) is 8.81. The summed E-state index contributed by atoms with van der Waals surface area (Å²) in [7, 11) is 0. The van der Waals surface area contributed by atoms with Crippen LogP contribution in [0.5, 0.6) is 5.75 Å². The van der Waals surface area contributed by atoms with Crippen LogP contribution in [-0.2, 0) is 18.6 Å². The summed E-state index contributed by atoms with van der Waals surface area (Å²) in [5.74, 6) is 0.949. The molecule has 0 aliphatic rings. The number of Topliss-reactive ketones (excluding diaryl/α,β-unsaturated/α-hetero) is 1. The predicted molar refractivity (Wildman–Crippen MR) is 113 cm³/mol. The van der Waals surface area contributed by atoms with Crippen LogP contribution in [-0.4, -0.2) is 15.6 Å². The van der Waals surface area contributed by atoms with Gasteiger partial charge in [0.2, 0.25) is 0 Å².